The first kappa shape index (κ1) is 72.3. The van der Waals surface area contributed by atoms with Crippen LogP contribution in [0.25, 0.3) is 0 Å². The van der Waals surface area contributed by atoms with Gasteiger partial charge >= 0.3 is 5.97 Å². The van der Waals surface area contributed by atoms with Crippen molar-refractivity contribution in [3.05, 3.63) is 87.5 Å². The van der Waals surface area contributed by atoms with E-state index in [2.05, 4.69) is 67.7 Å². The predicted octanol–water partition coefficient (Wildman–Crippen LogP) is 9.49. The van der Waals surface area contributed by atoms with Gasteiger partial charge in [0.05, 0.1) is 42.3 Å². The predicted molar refractivity (Wildman–Crippen MR) is 339 cm³/mol. The number of nitrogens with two attached hydrogens (primary N) is 1. The van der Waals surface area contributed by atoms with Gasteiger partial charge in [-0.2, -0.15) is 19.3 Å². The zero-order chi connectivity index (χ0) is 64.2. The van der Waals surface area contributed by atoms with Crippen LogP contribution in [-0.2, 0) is 47.9 Å². The van der Waals surface area contributed by atoms with Crippen LogP contribution in [0.3, 0.4) is 0 Å². The van der Waals surface area contributed by atoms with Crippen LogP contribution >= 0.6 is 65.3 Å². The van der Waals surface area contributed by atoms with Gasteiger partial charge in [0.15, 0.2) is 24.6 Å². The van der Waals surface area contributed by atoms with E-state index >= 15 is 0 Å². The summed E-state index contributed by atoms with van der Waals surface area (Å²) in [4.78, 5) is 75.8. The molecule has 2 aromatic heterocycles. The number of hydrogen-bond acceptors (Lipinski definition) is 17. The number of aryl methyl sites for hydroxylation is 2. The van der Waals surface area contributed by atoms with Gasteiger partial charge in [-0.1, -0.05) is 80.2 Å². The molecule has 22 nitrogen and oxygen atoms in total. The average molecular weight is 1310 g/mol. The van der Waals surface area contributed by atoms with Gasteiger partial charge < -0.3 is 54.9 Å². The number of halogens is 5. The lowest BCUT2D eigenvalue weighted by molar-refractivity contribution is -0.138. The second kappa shape index (κ2) is 33.8. The van der Waals surface area contributed by atoms with Crippen molar-refractivity contribution in [3.63, 3.8) is 0 Å². The van der Waals surface area contributed by atoms with Crippen molar-refractivity contribution < 1.29 is 52.3 Å². The Balaban J connectivity index is 0.000000238. The number of anilines is 5. The molecule has 0 saturated carbocycles. The molecule has 470 valence electrons. The van der Waals surface area contributed by atoms with E-state index in [0.29, 0.717) is 47.1 Å². The number of carbonyl (C=O) groups is 4. The number of terminal acetylenes is 1. The van der Waals surface area contributed by atoms with E-state index in [1.54, 1.807) is 16.9 Å². The van der Waals surface area contributed by atoms with E-state index in [9.17, 15) is 28.1 Å². The van der Waals surface area contributed by atoms with Gasteiger partial charge in [0, 0.05) is 63.1 Å². The molecule has 3 amide bonds. The number of nitrogens with one attached hydrogen (secondary N) is 2. The zero-order valence-electron chi connectivity index (χ0n) is 49.9. The highest BCUT2D eigenvalue weighted by molar-refractivity contribution is 7.57. The molecule has 3 aromatic carbocycles. The maximum Gasteiger partial charge on any atom is 0.320 e. The van der Waals surface area contributed by atoms with Crippen molar-refractivity contribution in [2.75, 3.05) is 84.1 Å². The molecule has 0 spiro atoms. The van der Waals surface area contributed by atoms with Gasteiger partial charge in [-0.25, -0.2) is 9.38 Å². The van der Waals surface area contributed by atoms with Gasteiger partial charge in [0.25, 0.3) is 11.8 Å². The van der Waals surface area contributed by atoms with Crippen molar-refractivity contribution in [1.29, 1.82) is 0 Å². The van der Waals surface area contributed by atoms with E-state index in [1.165, 1.54) is 35.2 Å². The number of carbonyl (C=O) groups excluding carboxylic acids is 3. The topological polar surface area (TPSA) is 282 Å². The van der Waals surface area contributed by atoms with Crippen LogP contribution in [0.2, 0.25) is 5.28 Å². The van der Waals surface area contributed by atoms with Crippen LogP contribution < -0.4 is 45.3 Å². The smallest absolute Gasteiger partial charge is 0.320 e. The number of carboxylic acids is 1. The van der Waals surface area contributed by atoms with Crippen LogP contribution in [-0.4, -0.2) is 145 Å². The number of aliphatic carboxylic acids is 1. The Morgan fingerprint density at radius 1 is 1.07 bits per heavy atom. The minimum Gasteiger partial charge on any atom is -0.489 e. The Morgan fingerprint density at radius 3 is 2.36 bits per heavy atom. The fraction of sp³-hybridized carbons (Fsp3) is 0.491. The minimum absolute atomic E-state index is 0.0223. The zero-order valence-corrected chi connectivity index (χ0v) is 54.7. The maximum absolute atomic E-state index is 14.5. The molecule has 29 heteroatoms. The molecule has 0 fully saturated rings. The monoisotopic (exact) mass is 1310 g/mol. The number of fused-ring (bicyclic) bond motifs is 3. The number of benzene rings is 3. The van der Waals surface area contributed by atoms with E-state index in [0.717, 1.165) is 54.3 Å². The Labute approximate surface area is 525 Å². The number of ether oxygens (including phenoxy) is 3. The Kier molecular flexibility index (Phi) is 28.5. The summed E-state index contributed by atoms with van der Waals surface area (Å²) in [5.41, 5.74) is 9.70. The molecular formula is C57H76Cl4FN12O10PS. The van der Waals surface area contributed by atoms with Crippen LogP contribution in [0.4, 0.5) is 39.0 Å². The number of nitrogens with zero attached hydrogens (tertiary/aromatic N) is 9. The second-order valence-corrected chi connectivity index (χ2v) is 26.0. The summed E-state index contributed by atoms with van der Waals surface area (Å²) in [6, 6.07) is 15.3. The molecule has 0 saturated heterocycles. The second-order valence-electron chi connectivity index (χ2n) is 21.0. The van der Waals surface area contributed by atoms with Crippen LogP contribution in [0.1, 0.15) is 78.8 Å². The molecule has 8 rings (SSSR count). The lowest BCUT2D eigenvalue weighted by Crippen LogP contribution is -2.47. The third-order valence-electron chi connectivity index (χ3n) is 12.6. The average Bonchev–Trinajstić information content (AvgIpc) is 1.98. The SMILES string of the molecule is C#CCN1C(=O)COc2cc(F)c(N=c3snc4n3CC(C)(C)C4)cc21.CC1COc2ccccc2N1C(=O)C(Cl)Cl.CCNc1nc(Cl)nc(NC(C)C)n1.CCc1cccc(C)c1N(C(=O)CCl)C(C)COC.CP(=O)(O)CCC(N)C(=O)O. The number of aromatic nitrogens is 5. The van der Waals surface area contributed by atoms with Gasteiger partial charge in [-0.15, -0.1) is 18.0 Å². The van der Waals surface area contributed by atoms with Gasteiger partial charge in [-0.3, -0.25) is 28.6 Å². The number of amides is 3. The quantitative estimate of drug-likeness (QED) is 0.0329. The van der Waals surface area contributed by atoms with Gasteiger partial charge in [-0.05, 0) is 101 Å². The minimum atomic E-state index is -3.10. The number of carboxylic acid groups (broad SMARTS) is 1. The van der Waals surface area contributed by atoms with Crippen molar-refractivity contribution >= 4 is 124 Å². The van der Waals surface area contributed by atoms with Crippen molar-refractivity contribution in [1.82, 2.24) is 23.9 Å². The normalized spacial score (nSPS) is 15.9. The molecule has 0 aliphatic carbocycles. The highest BCUT2D eigenvalue weighted by Gasteiger charge is 2.34. The summed E-state index contributed by atoms with van der Waals surface area (Å²) in [5.74, 6) is 3.03. The van der Waals surface area contributed by atoms with E-state index in [-0.39, 0.29) is 83.8 Å². The first-order chi connectivity index (χ1) is 40.5. The van der Waals surface area contributed by atoms with E-state index < -0.39 is 30.0 Å². The summed E-state index contributed by atoms with van der Waals surface area (Å²) in [7, 11) is -1.47. The van der Waals surface area contributed by atoms with Crippen LogP contribution in [0.5, 0.6) is 11.5 Å². The first-order valence-electron chi connectivity index (χ1n) is 27.3. The number of methoxy groups -OCH3 is 1. The fourth-order valence-corrected chi connectivity index (χ4v) is 10.7. The molecule has 4 unspecified atom stereocenters. The van der Waals surface area contributed by atoms with E-state index in [1.807, 2.05) is 82.5 Å². The van der Waals surface area contributed by atoms with Gasteiger partial charge in [0.1, 0.15) is 41.5 Å². The molecule has 3 aliphatic heterocycles. The molecule has 6 N–H and O–H groups in total. The number of hydrogen-bond donors (Lipinski definition) is 5. The third kappa shape index (κ3) is 21.3. The largest absolute Gasteiger partial charge is 0.489 e. The van der Waals surface area contributed by atoms with E-state index in [4.69, 9.17) is 82.8 Å². The Bertz CT molecular complexity index is 3290. The lowest BCUT2D eigenvalue weighted by atomic mass is 9.92. The number of rotatable bonds is 17. The van der Waals surface area contributed by atoms with Crippen LogP contribution in [0.15, 0.2) is 59.6 Å². The summed E-state index contributed by atoms with van der Waals surface area (Å²) in [6.07, 6.45) is 7.09. The molecule has 0 radical (unpaired) electrons. The molecule has 5 aromatic rings. The lowest BCUT2D eigenvalue weighted by Gasteiger charge is -2.35. The summed E-state index contributed by atoms with van der Waals surface area (Å²) in [6.45, 7) is 21.9. The third-order valence-corrected chi connectivity index (χ3v) is 15.2. The summed E-state index contributed by atoms with van der Waals surface area (Å²) >= 11 is 24.0. The molecule has 3 aliphatic rings. The molecular weight excluding hydrogens is 1240 g/mol. The van der Waals surface area contributed by atoms with Crippen molar-refractivity contribution in [2.24, 2.45) is 16.1 Å². The first-order valence-corrected chi connectivity index (χ1v) is 32.1. The van der Waals surface area contributed by atoms with Crippen LogP contribution in [0, 0.1) is 30.5 Å². The highest BCUT2D eigenvalue weighted by atomic mass is 35.5. The highest BCUT2D eigenvalue weighted by Crippen LogP contribution is 2.39. The van der Waals surface area contributed by atoms with Gasteiger partial charge in [0.2, 0.25) is 27.9 Å². The molecule has 5 heterocycles. The number of para-hydroxylation sites is 3. The maximum atomic E-state index is 14.5. The van der Waals surface area contributed by atoms with Crippen molar-refractivity contribution in [3.8, 4) is 23.8 Å². The summed E-state index contributed by atoms with van der Waals surface area (Å²) in [5, 5.41) is 14.5. The Morgan fingerprint density at radius 2 is 1.76 bits per heavy atom. The molecule has 86 heavy (non-hydrogen) atoms. The standard InChI is InChI=1S/C18H17FN4O2S.C15H22ClNO2.C11H11Cl2NO2.C8H14ClN5.C5H12NO4P/c1-4-5-22-13-7-12(11(19)6-14(13)25-9-16(22)24)20-17-23-10-18(2,3)8-15(23)21-26-17;1-5-13-8-6-7-11(2)15(13)17(14(18)9-16)12(3)10-19-4;1-7-6-16-9-5-3-2-4-8(9)14(7)11(15)10(12)13;1-4-10-7-12-6(9)13-8(14-7)11-5(2)3;1-11(9,10)3-2-4(6)5(7)8/h1,6-7H,5,8-10H2,2-3H3;6-8,12H,5,9-10H2,1-4H3;2-5,7,10H,6H2,1H3;5H,4H2,1-3H3,(H2,10,11,12,13,14);4H,2-3,6H2,1H3,(H,7,8)(H,9,10). The molecule has 0 bridgehead atoms. The number of alkyl halides is 3. The summed E-state index contributed by atoms with van der Waals surface area (Å²) < 4.78 is 47.7. The fourth-order valence-electron chi connectivity index (χ4n) is 8.72. The molecule has 4 atom stereocenters. The van der Waals surface area contributed by atoms with Crippen molar-refractivity contribution in [2.45, 2.75) is 117 Å². The Hall–Kier alpha value is -6.13.